The van der Waals surface area contributed by atoms with Gasteiger partial charge in [0.25, 0.3) is 0 Å². The second kappa shape index (κ2) is 6.21. The van der Waals surface area contributed by atoms with Gasteiger partial charge in [-0.05, 0) is 38.6 Å². The largest absolute Gasteiger partial charge is 0.369 e. The van der Waals surface area contributed by atoms with E-state index in [1.807, 2.05) is 18.7 Å². The van der Waals surface area contributed by atoms with Crippen LogP contribution in [0.25, 0.3) is 0 Å². The van der Waals surface area contributed by atoms with Crippen molar-refractivity contribution < 1.29 is 9.53 Å². The molecule has 0 radical (unpaired) electrons. The van der Waals surface area contributed by atoms with E-state index < -0.39 is 0 Å². The molecule has 2 atom stereocenters. The van der Waals surface area contributed by atoms with Gasteiger partial charge in [-0.15, -0.1) is 0 Å². The Labute approximate surface area is 98.1 Å². The number of amides is 1. The quantitative estimate of drug-likeness (QED) is 0.776. The van der Waals surface area contributed by atoms with Gasteiger partial charge < -0.3 is 15.4 Å². The summed E-state index contributed by atoms with van der Waals surface area (Å²) in [6, 6.07) is 0. The van der Waals surface area contributed by atoms with Gasteiger partial charge in [0.2, 0.25) is 5.91 Å². The van der Waals surface area contributed by atoms with Crippen molar-refractivity contribution in [2.45, 2.75) is 33.3 Å². The maximum absolute atomic E-state index is 11.8. The van der Waals surface area contributed by atoms with Crippen molar-refractivity contribution in [2.24, 2.45) is 17.6 Å². The van der Waals surface area contributed by atoms with Crippen molar-refractivity contribution >= 4 is 5.91 Å². The molecule has 1 aliphatic heterocycles. The van der Waals surface area contributed by atoms with Crippen molar-refractivity contribution in [1.29, 1.82) is 0 Å². The van der Waals surface area contributed by atoms with Crippen molar-refractivity contribution in [3.8, 4) is 0 Å². The zero-order valence-corrected chi connectivity index (χ0v) is 10.6. The fourth-order valence-corrected chi connectivity index (χ4v) is 2.01. The lowest BCUT2D eigenvalue weighted by molar-refractivity contribution is -0.140. The van der Waals surface area contributed by atoms with Gasteiger partial charge in [-0.1, -0.05) is 6.92 Å². The molecule has 1 heterocycles. The number of nitrogens with two attached hydrogens (primary N) is 1. The van der Waals surface area contributed by atoms with Crippen LogP contribution in [0, 0.1) is 11.8 Å². The van der Waals surface area contributed by atoms with E-state index in [4.69, 9.17) is 10.5 Å². The minimum Gasteiger partial charge on any atom is -0.369 e. The number of rotatable bonds is 4. The Balaban J connectivity index is 2.39. The standard InChI is InChI=1S/C12H24N2O2/c1-9(2)16-8-12(15)14-5-4-10(3)11(6-13)7-14/h9-11H,4-8,13H2,1-3H3. The lowest BCUT2D eigenvalue weighted by Crippen LogP contribution is -2.46. The first-order valence-electron chi connectivity index (χ1n) is 6.14. The minimum atomic E-state index is 0.0963. The van der Waals surface area contributed by atoms with E-state index in [2.05, 4.69) is 6.92 Å². The van der Waals surface area contributed by atoms with Crippen LogP contribution in [-0.2, 0) is 9.53 Å². The highest BCUT2D eigenvalue weighted by Crippen LogP contribution is 2.22. The average Bonchev–Trinajstić information content (AvgIpc) is 2.26. The molecular weight excluding hydrogens is 204 g/mol. The van der Waals surface area contributed by atoms with E-state index in [1.54, 1.807) is 0 Å². The van der Waals surface area contributed by atoms with Crippen LogP contribution in [0.3, 0.4) is 0 Å². The van der Waals surface area contributed by atoms with Crippen LogP contribution in [0.15, 0.2) is 0 Å². The summed E-state index contributed by atoms with van der Waals surface area (Å²) in [7, 11) is 0. The Morgan fingerprint density at radius 1 is 1.56 bits per heavy atom. The lowest BCUT2D eigenvalue weighted by Gasteiger charge is -2.36. The summed E-state index contributed by atoms with van der Waals surface area (Å²) >= 11 is 0. The molecule has 1 aliphatic rings. The smallest absolute Gasteiger partial charge is 0.248 e. The van der Waals surface area contributed by atoms with Gasteiger partial charge in [-0.3, -0.25) is 4.79 Å². The summed E-state index contributed by atoms with van der Waals surface area (Å²) in [5, 5.41) is 0. The van der Waals surface area contributed by atoms with Crippen LogP contribution >= 0.6 is 0 Å². The van der Waals surface area contributed by atoms with Gasteiger partial charge in [-0.25, -0.2) is 0 Å². The van der Waals surface area contributed by atoms with Crippen LogP contribution in [0.1, 0.15) is 27.2 Å². The summed E-state index contributed by atoms with van der Waals surface area (Å²) < 4.78 is 5.33. The minimum absolute atomic E-state index is 0.0963. The Kier molecular flexibility index (Phi) is 5.22. The van der Waals surface area contributed by atoms with E-state index in [1.165, 1.54) is 0 Å². The van der Waals surface area contributed by atoms with E-state index >= 15 is 0 Å². The normalized spacial score (nSPS) is 26.2. The highest BCUT2D eigenvalue weighted by molar-refractivity contribution is 5.77. The lowest BCUT2D eigenvalue weighted by atomic mass is 9.87. The third-order valence-electron chi connectivity index (χ3n) is 3.31. The number of likely N-dealkylation sites (tertiary alicyclic amines) is 1. The maximum Gasteiger partial charge on any atom is 0.248 e. The molecule has 1 fully saturated rings. The summed E-state index contributed by atoms with van der Waals surface area (Å²) in [5.41, 5.74) is 5.71. The zero-order chi connectivity index (χ0) is 12.1. The first kappa shape index (κ1) is 13.5. The van der Waals surface area contributed by atoms with Crippen molar-refractivity contribution in [2.75, 3.05) is 26.2 Å². The van der Waals surface area contributed by atoms with Crippen molar-refractivity contribution in [3.05, 3.63) is 0 Å². The van der Waals surface area contributed by atoms with Gasteiger partial charge >= 0.3 is 0 Å². The monoisotopic (exact) mass is 228 g/mol. The first-order chi connectivity index (χ1) is 7.54. The summed E-state index contributed by atoms with van der Waals surface area (Å²) in [6.07, 6.45) is 1.16. The molecule has 0 bridgehead atoms. The van der Waals surface area contributed by atoms with E-state index in [9.17, 15) is 4.79 Å². The molecule has 0 aromatic heterocycles. The Morgan fingerprint density at radius 3 is 2.81 bits per heavy atom. The SMILES string of the molecule is CC(C)OCC(=O)N1CCC(C)C(CN)C1. The fraction of sp³-hybridized carbons (Fsp3) is 0.917. The van der Waals surface area contributed by atoms with Crippen LogP contribution < -0.4 is 5.73 Å². The highest BCUT2D eigenvalue weighted by Gasteiger charge is 2.27. The molecular formula is C12H24N2O2. The number of piperidine rings is 1. The van der Waals surface area contributed by atoms with Crippen LogP contribution in [0.2, 0.25) is 0 Å². The second-order valence-electron chi connectivity index (χ2n) is 4.96. The summed E-state index contributed by atoms with van der Waals surface area (Å²) in [5.74, 6) is 1.16. The molecule has 1 saturated heterocycles. The van der Waals surface area contributed by atoms with Gasteiger partial charge in [0.15, 0.2) is 0 Å². The van der Waals surface area contributed by atoms with Gasteiger partial charge in [0.05, 0.1) is 6.10 Å². The molecule has 4 nitrogen and oxygen atoms in total. The topological polar surface area (TPSA) is 55.6 Å². The third kappa shape index (κ3) is 3.76. The third-order valence-corrected chi connectivity index (χ3v) is 3.31. The fourth-order valence-electron chi connectivity index (χ4n) is 2.01. The van der Waals surface area contributed by atoms with Crippen LogP contribution in [-0.4, -0.2) is 43.2 Å². The number of hydrogen-bond acceptors (Lipinski definition) is 3. The van der Waals surface area contributed by atoms with Crippen LogP contribution in [0.5, 0.6) is 0 Å². The summed E-state index contributed by atoms with van der Waals surface area (Å²) in [6.45, 7) is 8.59. The number of carbonyl (C=O) groups excluding carboxylic acids is 1. The first-order valence-corrected chi connectivity index (χ1v) is 6.14. The maximum atomic E-state index is 11.8. The average molecular weight is 228 g/mol. The molecule has 0 saturated carbocycles. The zero-order valence-electron chi connectivity index (χ0n) is 10.6. The van der Waals surface area contributed by atoms with Gasteiger partial charge in [0.1, 0.15) is 6.61 Å². The molecule has 0 aromatic rings. The Bertz CT molecular complexity index is 231. The molecule has 16 heavy (non-hydrogen) atoms. The van der Waals surface area contributed by atoms with Crippen molar-refractivity contribution in [3.63, 3.8) is 0 Å². The van der Waals surface area contributed by atoms with E-state index in [-0.39, 0.29) is 18.6 Å². The Hall–Kier alpha value is -0.610. The number of hydrogen-bond donors (Lipinski definition) is 1. The second-order valence-corrected chi connectivity index (χ2v) is 4.96. The van der Waals surface area contributed by atoms with Crippen LogP contribution in [0.4, 0.5) is 0 Å². The van der Waals surface area contributed by atoms with E-state index in [0.717, 1.165) is 19.5 Å². The molecule has 0 spiro atoms. The molecule has 2 unspecified atom stereocenters. The highest BCUT2D eigenvalue weighted by atomic mass is 16.5. The van der Waals surface area contributed by atoms with Gasteiger partial charge in [-0.2, -0.15) is 0 Å². The summed E-state index contributed by atoms with van der Waals surface area (Å²) in [4.78, 5) is 13.7. The number of nitrogens with zero attached hydrogens (tertiary/aromatic N) is 1. The molecule has 4 heteroatoms. The molecule has 0 aliphatic carbocycles. The molecule has 94 valence electrons. The Morgan fingerprint density at radius 2 is 2.25 bits per heavy atom. The van der Waals surface area contributed by atoms with Crippen molar-refractivity contribution in [1.82, 2.24) is 4.90 Å². The predicted octanol–water partition coefficient (Wildman–Crippen LogP) is 0.855. The van der Waals surface area contributed by atoms with Gasteiger partial charge in [0, 0.05) is 13.1 Å². The molecule has 0 aromatic carbocycles. The van der Waals surface area contributed by atoms with E-state index in [0.29, 0.717) is 18.4 Å². The molecule has 2 N–H and O–H groups in total. The molecule has 1 rings (SSSR count). The number of carbonyl (C=O) groups is 1. The molecule has 1 amide bonds. The number of ether oxygens (including phenoxy) is 1. The predicted molar refractivity (Wildman–Crippen MR) is 64.0 cm³/mol.